The predicted molar refractivity (Wildman–Crippen MR) is 71.5 cm³/mol. The van der Waals surface area contributed by atoms with E-state index in [1.54, 1.807) is 11.3 Å². The summed E-state index contributed by atoms with van der Waals surface area (Å²) in [5, 5.41) is 7.12. The van der Waals surface area contributed by atoms with E-state index >= 15 is 0 Å². The van der Waals surface area contributed by atoms with Crippen molar-refractivity contribution in [2.45, 2.75) is 32.2 Å². The van der Waals surface area contributed by atoms with Crippen molar-refractivity contribution in [1.82, 2.24) is 15.2 Å². The van der Waals surface area contributed by atoms with Crippen LogP contribution in [-0.4, -0.2) is 42.1 Å². The topological polar surface area (TPSA) is 28.2 Å². The number of rotatable bonds is 4. The van der Waals surface area contributed by atoms with Gasteiger partial charge >= 0.3 is 0 Å². The van der Waals surface area contributed by atoms with Crippen LogP contribution in [0.4, 0.5) is 0 Å². The molecule has 3 atom stereocenters. The van der Waals surface area contributed by atoms with Gasteiger partial charge in [-0.2, -0.15) is 0 Å². The molecule has 1 aromatic rings. The first-order chi connectivity index (χ1) is 8.31. The van der Waals surface area contributed by atoms with Gasteiger partial charge in [-0.15, -0.1) is 11.3 Å². The number of thiazole rings is 1. The molecule has 0 saturated carbocycles. The van der Waals surface area contributed by atoms with Crippen LogP contribution in [0.3, 0.4) is 0 Å². The van der Waals surface area contributed by atoms with E-state index in [1.165, 1.54) is 43.2 Å². The zero-order valence-corrected chi connectivity index (χ0v) is 11.3. The fraction of sp³-hybridized carbons (Fsp3) is 0.769. The van der Waals surface area contributed by atoms with Gasteiger partial charge in [-0.25, -0.2) is 4.98 Å². The molecule has 0 radical (unpaired) electrons. The summed E-state index contributed by atoms with van der Waals surface area (Å²) < 4.78 is 0. The molecule has 2 aliphatic rings. The van der Waals surface area contributed by atoms with Crippen LogP contribution in [0.25, 0.3) is 0 Å². The van der Waals surface area contributed by atoms with Crippen LogP contribution in [0.2, 0.25) is 0 Å². The molecule has 0 aromatic carbocycles. The van der Waals surface area contributed by atoms with Crippen LogP contribution in [0.15, 0.2) is 5.38 Å². The molecule has 4 heteroatoms. The Labute approximate surface area is 107 Å². The van der Waals surface area contributed by atoms with Gasteiger partial charge in [0.1, 0.15) is 0 Å². The summed E-state index contributed by atoms with van der Waals surface area (Å²) >= 11 is 1.76. The van der Waals surface area contributed by atoms with E-state index in [0.717, 1.165) is 24.9 Å². The Kier molecular flexibility index (Phi) is 3.45. The lowest BCUT2D eigenvalue weighted by Gasteiger charge is -2.31. The van der Waals surface area contributed by atoms with Gasteiger partial charge in [0, 0.05) is 30.9 Å². The third-order valence-electron chi connectivity index (χ3n) is 4.09. The third-order valence-corrected chi connectivity index (χ3v) is 4.91. The third kappa shape index (κ3) is 2.69. The average molecular weight is 251 g/mol. The Balaban J connectivity index is 1.45. The highest BCUT2D eigenvalue weighted by atomic mass is 32.1. The highest BCUT2D eigenvalue weighted by molar-refractivity contribution is 7.09. The smallest absolute Gasteiger partial charge is 0.0897 e. The maximum Gasteiger partial charge on any atom is 0.0897 e. The highest BCUT2D eigenvalue weighted by Crippen LogP contribution is 2.26. The maximum atomic E-state index is 4.51. The van der Waals surface area contributed by atoms with Gasteiger partial charge in [0.2, 0.25) is 0 Å². The second-order valence-electron chi connectivity index (χ2n) is 5.31. The van der Waals surface area contributed by atoms with Crippen molar-refractivity contribution in [1.29, 1.82) is 0 Å². The van der Waals surface area contributed by atoms with Crippen molar-refractivity contribution in [3.63, 3.8) is 0 Å². The molecule has 3 rings (SSSR count). The van der Waals surface area contributed by atoms with E-state index in [9.17, 15) is 0 Å². The lowest BCUT2D eigenvalue weighted by Crippen LogP contribution is -2.44. The number of aromatic nitrogens is 1. The molecular formula is C13H21N3S. The first-order valence-electron chi connectivity index (χ1n) is 6.68. The molecule has 94 valence electrons. The van der Waals surface area contributed by atoms with E-state index in [1.807, 2.05) is 0 Å². The molecule has 1 N–H and O–H groups in total. The fourth-order valence-electron chi connectivity index (χ4n) is 3.13. The van der Waals surface area contributed by atoms with Gasteiger partial charge in [0.25, 0.3) is 0 Å². The summed E-state index contributed by atoms with van der Waals surface area (Å²) in [4.78, 5) is 7.11. The number of hydrogen-bond donors (Lipinski definition) is 1. The van der Waals surface area contributed by atoms with Crippen LogP contribution < -0.4 is 5.32 Å². The van der Waals surface area contributed by atoms with Crippen LogP contribution in [0.1, 0.15) is 23.5 Å². The van der Waals surface area contributed by atoms with Crippen molar-refractivity contribution in [3.05, 3.63) is 16.1 Å². The Morgan fingerprint density at radius 1 is 1.47 bits per heavy atom. The number of nitrogens with one attached hydrogen (secondary N) is 1. The van der Waals surface area contributed by atoms with Crippen LogP contribution in [-0.2, 0) is 6.42 Å². The number of fused-ring (bicyclic) bond motifs is 2. The SMILES string of the molecule is Cc1nc(CCNC2CCN3CCC2C3)cs1. The van der Waals surface area contributed by atoms with Crippen LogP contribution >= 0.6 is 11.3 Å². The average Bonchev–Trinajstić information content (AvgIpc) is 2.90. The Morgan fingerprint density at radius 3 is 3.18 bits per heavy atom. The first-order valence-corrected chi connectivity index (χ1v) is 7.56. The first kappa shape index (κ1) is 11.6. The second kappa shape index (κ2) is 5.04. The van der Waals surface area contributed by atoms with Gasteiger partial charge in [-0.3, -0.25) is 0 Å². The molecule has 0 amide bonds. The minimum atomic E-state index is 0.758. The molecule has 2 aliphatic heterocycles. The normalized spacial score (nSPS) is 31.9. The summed E-state index contributed by atoms with van der Waals surface area (Å²) in [6, 6.07) is 0.758. The molecule has 0 aliphatic carbocycles. The summed E-state index contributed by atoms with van der Waals surface area (Å²) in [6.45, 7) is 7.12. The number of aryl methyl sites for hydroxylation is 1. The van der Waals surface area contributed by atoms with E-state index in [-0.39, 0.29) is 0 Å². The second-order valence-corrected chi connectivity index (χ2v) is 6.37. The summed E-state index contributed by atoms with van der Waals surface area (Å²) in [7, 11) is 0. The maximum absolute atomic E-state index is 4.51. The number of nitrogens with zero attached hydrogens (tertiary/aromatic N) is 2. The number of hydrogen-bond acceptors (Lipinski definition) is 4. The molecule has 3 unspecified atom stereocenters. The van der Waals surface area contributed by atoms with Gasteiger partial charge in [-0.1, -0.05) is 0 Å². The summed E-state index contributed by atoms with van der Waals surface area (Å²) in [5.41, 5.74) is 1.25. The lowest BCUT2D eigenvalue weighted by molar-refractivity contribution is 0.222. The zero-order chi connectivity index (χ0) is 11.7. The largest absolute Gasteiger partial charge is 0.313 e. The molecule has 1 aromatic heterocycles. The molecule has 2 saturated heterocycles. The Bertz CT molecular complexity index is 376. The van der Waals surface area contributed by atoms with Gasteiger partial charge in [-0.05, 0) is 38.8 Å². The van der Waals surface area contributed by atoms with Gasteiger partial charge < -0.3 is 10.2 Å². The quantitative estimate of drug-likeness (QED) is 0.882. The molecule has 2 fully saturated rings. The molecule has 3 heterocycles. The van der Waals surface area contributed by atoms with E-state index < -0.39 is 0 Å². The fourth-order valence-corrected chi connectivity index (χ4v) is 3.78. The predicted octanol–water partition coefficient (Wildman–Crippen LogP) is 1.68. The Hall–Kier alpha value is -0.450. The van der Waals surface area contributed by atoms with Crippen molar-refractivity contribution in [2.24, 2.45) is 5.92 Å². The summed E-state index contributed by atoms with van der Waals surface area (Å²) in [6.07, 6.45) is 3.81. The van der Waals surface area contributed by atoms with Crippen molar-refractivity contribution in [3.8, 4) is 0 Å². The van der Waals surface area contributed by atoms with E-state index in [0.29, 0.717) is 0 Å². The monoisotopic (exact) mass is 251 g/mol. The standard InChI is InChI=1S/C13H21N3S/c1-10-15-12(9-17-10)2-5-14-13-4-7-16-6-3-11(13)8-16/h9,11,13-14H,2-8H2,1H3. The van der Waals surface area contributed by atoms with Crippen molar-refractivity contribution < 1.29 is 0 Å². The zero-order valence-electron chi connectivity index (χ0n) is 10.5. The molecule has 0 spiro atoms. The molecule has 3 nitrogen and oxygen atoms in total. The van der Waals surface area contributed by atoms with E-state index in [4.69, 9.17) is 0 Å². The summed E-state index contributed by atoms with van der Waals surface area (Å²) in [5.74, 6) is 0.904. The van der Waals surface area contributed by atoms with E-state index in [2.05, 4.69) is 27.5 Å². The molecule has 2 bridgehead atoms. The minimum absolute atomic E-state index is 0.758. The van der Waals surface area contributed by atoms with Crippen molar-refractivity contribution >= 4 is 11.3 Å². The highest BCUT2D eigenvalue weighted by Gasteiger charge is 2.33. The van der Waals surface area contributed by atoms with Crippen LogP contribution in [0, 0.1) is 12.8 Å². The molecule has 17 heavy (non-hydrogen) atoms. The Morgan fingerprint density at radius 2 is 2.35 bits per heavy atom. The van der Waals surface area contributed by atoms with Crippen molar-refractivity contribution in [2.75, 3.05) is 26.2 Å². The van der Waals surface area contributed by atoms with Crippen LogP contribution in [0.5, 0.6) is 0 Å². The van der Waals surface area contributed by atoms with Gasteiger partial charge in [0.15, 0.2) is 0 Å². The molecular weight excluding hydrogens is 230 g/mol. The lowest BCUT2D eigenvalue weighted by atomic mass is 9.94. The number of piperidine rings is 1. The minimum Gasteiger partial charge on any atom is -0.313 e. The van der Waals surface area contributed by atoms with Gasteiger partial charge in [0.05, 0.1) is 10.7 Å².